The molecule has 1 saturated heterocycles. The van der Waals surface area contributed by atoms with Crippen LogP contribution in [0.5, 0.6) is 0 Å². The van der Waals surface area contributed by atoms with E-state index < -0.39 is 0 Å². The van der Waals surface area contributed by atoms with E-state index in [1.165, 1.54) is 18.5 Å². The zero-order valence-corrected chi connectivity index (χ0v) is 15.4. The smallest absolute Gasteiger partial charge is 0.243 e. The predicted octanol–water partition coefficient (Wildman–Crippen LogP) is 4.41. The van der Waals surface area contributed by atoms with E-state index in [1.54, 1.807) is 0 Å². The van der Waals surface area contributed by atoms with Gasteiger partial charge in [-0.25, -0.2) is 0 Å². The monoisotopic (exact) mass is 387 g/mol. The van der Waals surface area contributed by atoms with Gasteiger partial charge in [-0.1, -0.05) is 15.9 Å². The highest BCUT2D eigenvalue weighted by Gasteiger charge is 2.11. The van der Waals surface area contributed by atoms with E-state index in [4.69, 9.17) is 0 Å². The first-order valence-corrected chi connectivity index (χ1v) is 9.06. The van der Waals surface area contributed by atoms with Crippen molar-refractivity contribution in [2.24, 2.45) is 0 Å². The topological polar surface area (TPSA) is 44.4 Å². The van der Waals surface area contributed by atoms with Crippen molar-refractivity contribution in [3.8, 4) is 0 Å². The van der Waals surface area contributed by atoms with Crippen molar-refractivity contribution in [1.82, 2.24) is 0 Å². The van der Waals surface area contributed by atoms with Crippen molar-refractivity contribution in [1.29, 1.82) is 0 Å². The van der Waals surface area contributed by atoms with Crippen LogP contribution >= 0.6 is 15.9 Å². The van der Waals surface area contributed by atoms with E-state index >= 15 is 0 Å². The van der Waals surface area contributed by atoms with Gasteiger partial charge in [0.25, 0.3) is 0 Å². The summed E-state index contributed by atoms with van der Waals surface area (Å²) in [5, 5.41) is 6.07. The number of amides is 1. The summed E-state index contributed by atoms with van der Waals surface area (Å²) in [5.74, 6) is -0.0552. The predicted molar refractivity (Wildman–Crippen MR) is 104 cm³/mol. The minimum absolute atomic E-state index is 0.0552. The molecule has 4 nitrogen and oxygen atoms in total. The van der Waals surface area contributed by atoms with Crippen LogP contribution in [0.4, 0.5) is 17.1 Å². The number of hydrogen-bond acceptors (Lipinski definition) is 3. The Labute approximate surface area is 151 Å². The fourth-order valence-electron chi connectivity index (χ4n) is 2.88. The Morgan fingerprint density at radius 3 is 2.42 bits per heavy atom. The number of carbonyl (C=O) groups excluding carboxylic acids is 1. The second-order valence-electron chi connectivity index (χ2n) is 6.11. The lowest BCUT2D eigenvalue weighted by Gasteiger charge is -2.18. The maximum absolute atomic E-state index is 12.1. The number of rotatable bonds is 5. The molecule has 0 atom stereocenters. The number of nitrogens with zero attached hydrogens (tertiary/aromatic N) is 1. The summed E-state index contributed by atoms with van der Waals surface area (Å²) in [6.45, 7) is 4.53. The molecule has 126 valence electrons. The van der Waals surface area contributed by atoms with Crippen LogP contribution in [0.15, 0.2) is 46.9 Å². The molecular weight excluding hydrogens is 366 g/mol. The normalized spacial score (nSPS) is 13.8. The number of carbonyl (C=O) groups is 1. The Bertz CT molecular complexity index is 709. The maximum atomic E-state index is 12.1. The second kappa shape index (κ2) is 7.71. The molecule has 5 heteroatoms. The largest absolute Gasteiger partial charge is 0.376 e. The molecule has 0 unspecified atom stereocenters. The van der Waals surface area contributed by atoms with Crippen LogP contribution in [-0.2, 0) is 4.79 Å². The first kappa shape index (κ1) is 16.8. The molecule has 2 aromatic rings. The molecule has 1 heterocycles. The highest BCUT2D eigenvalue weighted by atomic mass is 79.9. The van der Waals surface area contributed by atoms with Crippen LogP contribution in [0.25, 0.3) is 0 Å². The highest BCUT2D eigenvalue weighted by Crippen LogP contribution is 2.22. The molecule has 0 radical (unpaired) electrons. The van der Waals surface area contributed by atoms with Gasteiger partial charge in [0.1, 0.15) is 0 Å². The number of benzene rings is 2. The number of nitrogens with one attached hydrogen (secondary N) is 2. The van der Waals surface area contributed by atoms with E-state index in [1.807, 2.05) is 37.3 Å². The summed E-state index contributed by atoms with van der Waals surface area (Å²) in [4.78, 5) is 14.5. The van der Waals surface area contributed by atoms with Gasteiger partial charge < -0.3 is 15.5 Å². The van der Waals surface area contributed by atoms with Gasteiger partial charge >= 0.3 is 0 Å². The van der Waals surface area contributed by atoms with Crippen LogP contribution in [-0.4, -0.2) is 25.5 Å². The zero-order valence-electron chi connectivity index (χ0n) is 13.8. The third-order valence-corrected chi connectivity index (χ3v) is 5.12. The minimum atomic E-state index is -0.0552. The molecule has 3 rings (SSSR count). The third kappa shape index (κ3) is 4.29. The summed E-state index contributed by atoms with van der Waals surface area (Å²) in [5.41, 5.74) is 4.12. The summed E-state index contributed by atoms with van der Waals surface area (Å²) < 4.78 is 1.04. The summed E-state index contributed by atoms with van der Waals surface area (Å²) in [7, 11) is 0. The first-order chi connectivity index (χ1) is 11.6. The Morgan fingerprint density at radius 2 is 1.75 bits per heavy atom. The second-order valence-corrected chi connectivity index (χ2v) is 6.96. The first-order valence-electron chi connectivity index (χ1n) is 8.27. The number of hydrogen-bond donors (Lipinski definition) is 2. The van der Waals surface area contributed by atoms with E-state index in [0.29, 0.717) is 0 Å². The molecule has 24 heavy (non-hydrogen) atoms. The minimum Gasteiger partial charge on any atom is -0.376 e. The summed E-state index contributed by atoms with van der Waals surface area (Å²) >= 11 is 3.46. The highest BCUT2D eigenvalue weighted by molar-refractivity contribution is 9.10. The summed E-state index contributed by atoms with van der Waals surface area (Å²) in [6.07, 6.45) is 2.55. The standard InChI is InChI=1S/C19H22BrN3O/c1-14-12-16(6-9-18(14)20)22-19(24)13-21-15-4-7-17(8-5-15)23-10-2-3-11-23/h4-9,12,21H,2-3,10-11,13H2,1H3,(H,22,24). The fourth-order valence-corrected chi connectivity index (χ4v) is 3.12. The Morgan fingerprint density at radius 1 is 1.08 bits per heavy atom. The molecule has 1 amide bonds. The van der Waals surface area contributed by atoms with Crippen molar-refractivity contribution in [3.63, 3.8) is 0 Å². The van der Waals surface area contributed by atoms with Gasteiger partial charge in [-0.05, 0) is 67.8 Å². The van der Waals surface area contributed by atoms with Crippen molar-refractivity contribution < 1.29 is 4.79 Å². The zero-order chi connectivity index (χ0) is 16.9. The summed E-state index contributed by atoms with van der Waals surface area (Å²) in [6, 6.07) is 14.1. The van der Waals surface area contributed by atoms with Crippen LogP contribution in [0, 0.1) is 6.92 Å². The Hall–Kier alpha value is -2.01. The van der Waals surface area contributed by atoms with Crippen LogP contribution in [0.2, 0.25) is 0 Å². The lowest BCUT2D eigenvalue weighted by molar-refractivity contribution is -0.114. The lowest BCUT2D eigenvalue weighted by atomic mass is 10.2. The van der Waals surface area contributed by atoms with E-state index in [9.17, 15) is 4.79 Å². The van der Waals surface area contributed by atoms with Crippen molar-refractivity contribution in [2.75, 3.05) is 35.2 Å². The molecule has 2 aromatic carbocycles. The van der Waals surface area contributed by atoms with Gasteiger partial charge in [0.2, 0.25) is 5.91 Å². The quantitative estimate of drug-likeness (QED) is 0.798. The van der Waals surface area contributed by atoms with Crippen molar-refractivity contribution in [2.45, 2.75) is 19.8 Å². The number of halogens is 1. The molecule has 0 aromatic heterocycles. The van der Waals surface area contributed by atoms with Gasteiger partial charge in [0.05, 0.1) is 6.54 Å². The fraction of sp³-hybridized carbons (Fsp3) is 0.316. The Kier molecular flexibility index (Phi) is 5.41. The molecule has 1 fully saturated rings. The molecular formula is C19H22BrN3O. The average molecular weight is 388 g/mol. The molecule has 0 spiro atoms. The van der Waals surface area contributed by atoms with Crippen LogP contribution in [0.1, 0.15) is 18.4 Å². The van der Waals surface area contributed by atoms with Crippen molar-refractivity contribution in [3.05, 3.63) is 52.5 Å². The number of anilines is 3. The van der Waals surface area contributed by atoms with Gasteiger partial charge in [-0.2, -0.15) is 0 Å². The van der Waals surface area contributed by atoms with E-state index in [-0.39, 0.29) is 12.5 Å². The van der Waals surface area contributed by atoms with Gasteiger partial charge in [-0.15, -0.1) is 0 Å². The average Bonchev–Trinajstić information content (AvgIpc) is 3.11. The maximum Gasteiger partial charge on any atom is 0.243 e. The van der Waals surface area contributed by atoms with Gasteiger partial charge in [-0.3, -0.25) is 4.79 Å². The molecule has 1 aliphatic rings. The van der Waals surface area contributed by atoms with Gasteiger partial charge in [0, 0.05) is 34.6 Å². The number of aryl methyl sites for hydroxylation is 1. The van der Waals surface area contributed by atoms with E-state index in [0.717, 1.165) is 34.5 Å². The molecule has 0 aliphatic carbocycles. The lowest BCUT2D eigenvalue weighted by Crippen LogP contribution is -2.22. The van der Waals surface area contributed by atoms with Crippen LogP contribution < -0.4 is 15.5 Å². The molecule has 0 saturated carbocycles. The van der Waals surface area contributed by atoms with Crippen LogP contribution in [0.3, 0.4) is 0 Å². The third-order valence-electron chi connectivity index (χ3n) is 4.23. The van der Waals surface area contributed by atoms with Gasteiger partial charge in [0.15, 0.2) is 0 Å². The Balaban J connectivity index is 1.51. The van der Waals surface area contributed by atoms with E-state index in [2.05, 4.69) is 43.6 Å². The van der Waals surface area contributed by atoms with Crippen molar-refractivity contribution >= 4 is 38.9 Å². The molecule has 2 N–H and O–H groups in total. The molecule has 1 aliphatic heterocycles. The molecule has 0 bridgehead atoms. The SMILES string of the molecule is Cc1cc(NC(=O)CNc2ccc(N3CCCC3)cc2)ccc1Br.